The van der Waals surface area contributed by atoms with Gasteiger partial charge in [0.25, 0.3) is 0 Å². The Kier molecular flexibility index (Phi) is 5.82. The van der Waals surface area contributed by atoms with Crippen LogP contribution >= 0.6 is 0 Å². The Bertz CT molecular complexity index is 424. The summed E-state index contributed by atoms with van der Waals surface area (Å²) in [4.78, 5) is 2.70. The van der Waals surface area contributed by atoms with Crippen molar-refractivity contribution in [1.29, 1.82) is 0 Å². The summed E-state index contributed by atoms with van der Waals surface area (Å²) in [5.74, 6) is 1.46. The van der Waals surface area contributed by atoms with Crippen molar-refractivity contribution >= 4 is 0 Å². The SMILES string of the molecule is CC(C)CC1CN(CCc2cnn(C)c2)C(C(C)C)CN1. The normalized spacial score (nSPS) is 24.1. The van der Waals surface area contributed by atoms with Gasteiger partial charge in [-0.2, -0.15) is 5.10 Å². The Morgan fingerprint density at radius 3 is 2.67 bits per heavy atom. The fraction of sp³-hybridized carbons (Fsp3) is 0.824. The first-order valence-electron chi connectivity index (χ1n) is 8.40. The van der Waals surface area contributed by atoms with E-state index in [9.17, 15) is 0 Å². The Balaban J connectivity index is 1.93. The van der Waals surface area contributed by atoms with E-state index < -0.39 is 0 Å². The number of hydrogen-bond acceptors (Lipinski definition) is 3. The molecular formula is C17H32N4. The lowest BCUT2D eigenvalue weighted by atomic mass is 9.94. The maximum Gasteiger partial charge on any atom is 0.0522 e. The molecule has 0 radical (unpaired) electrons. The van der Waals surface area contributed by atoms with Gasteiger partial charge in [0.1, 0.15) is 0 Å². The summed E-state index contributed by atoms with van der Waals surface area (Å²) >= 11 is 0. The first-order valence-corrected chi connectivity index (χ1v) is 8.40. The molecule has 4 heteroatoms. The third-order valence-corrected chi connectivity index (χ3v) is 4.51. The number of piperazine rings is 1. The van der Waals surface area contributed by atoms with Gasteiger partial charge in [0.15, 0.2) is 0 Å². The van der Waals surface area contributed by atoms with Gasteiger partial charge < -0.3 is 5.32 Å². The summed E-state index contributed by atoms with van der Waals surface area (Å²) in [5.41, 5.74) is 1.35. The Labute approximate surface area is 129 Å². The average molecular weight is 292 g/mol. The van der Waals surface area contributed by atoms with E-state index in [1.807, 2.05) is 17.9 Å². The summed E-state index contributed by atoms with van der Waals surface area (Å²) in [7, 11) is 1.99. The van der Waals surface area contributed by atoms with Crippen LogP contribution in [0.1, 0.15) is 39.7 Å². The first kappa shape index (κ1) is 16.5. The van der Waals surface area contributed by atoms with Crippen molar-refractivity contribution in [3.8, 4) is 0 Å². The minimum absolute atomic E-state index is 0.647. The van der Waals surface area contributed by atoms with Crippen LogP contribution in [0.3, 0.4) is 0 Å². The average Bonchev–Trinajstić information content (AvgIpc) is 2.81. The van der Waals surface area contributed by atoms with E-state index >= 15 is 0 Å². The van der Waals surface area contributed by atoms with Gasteiger partial charge in [0.05, 0.1) is 6.20 Å². The second kappa shape index (κ2) is 7.41. The van der Waals surface area contributed by atoms with Gasteiger partial charge >= 0.3 is 0 Å². The number of nitrogens with one attached hydrogen (secondary N) is 1. The molecule has 1 N–H and O–H groups in total. The van der Waals surface area contributed by atoms with Crippen molar-refractivity contribution in [3.05, 3.63) is 18.0 Å². The van der Waals surface area contributed by atoms with Crippen molar-refractivity contribution in [2.75, 3.05) is 19.6 Å². The molecule has 1 saturated heterocycles. The van der Waals surface area contributed by atoms with Crippen molar-refractivity contribution in [2.24, 2.45) is 18.9 Å². The highest BCUT2D eigenvalue weighted by atomic mass is 15.2. The van der Waals surface area contributed by atoms with Crippen LogP contribution in [-0.2, 0) is 13.5 Å². The molecule has 1 fully saturated rings. The van der Waals surface area contributed by atoms with E-state index in [2.05, 4.69) is 49.2 Å². The predicted octanol–water partition coefficient (Wildman–Crippen LogP) is 2.31. The number of rotatable bonds is 6. The third-order valence-electron chi connectivity index (χ3n) is 4.51. The zero-order valence-electron chi connectivity index (χ0n) is 14.3. The predicted molar refractivity (Wildman–Crippen MR) is 88.4 cm³/mol. The molecule has 1 aliphatic heterocycles. The minimum atomic E-state index is 0.647. The highest BCUT2D eigenvalue weighted by molar-refractivity contribution is 5.04. The molecule has 2 heterocycles. The molecular weight excluding hydrogens is 260 g/mol. The van der Waals surface area contributed by atoms with Gasteiger partial charge in [-0.3, -0.25) is 9.58 Å². The van der Waals surface area contributed by atoms with Crippen molar-refractivity contribution < 1.29 is 0 Å². The summed E-state index contributed by atoms with van der Waals surface area (Å²) in [6, 6.07) is 1.30. The largest absolute Gasteiger partial charge is 0.311 e. The van der Waals surface area contributed by atoms with E-state index in [0.29, 0.717) is 18.0 Å². The Hall–Kier alpha value is -0.870. The van der Waals surface area contributed by atoms with E-state index in [0.717, 1.165) is 25.4 Å². The lowest BCUT2D eigenvalue weighted by molar-refractivity contribution is 0.0934. The van der Waals surface area contributed by atoms with Crippen LogP contribution in [0.15, 0.2) is 12.4 Å². The quantitative estimate of drug-likeness (QED) is 0.873. The standard InChI is InChI=1S/C17H32N4/c1-13(2)8-16-12-21(17(10-18-16)14(3)4)7-6-15-9-19-20(5)11-15/h9,11,13-14,16-18H,6-8,10,12H2,1-5H3. The molecule has 0 amide bonds. The fourth-order valence-electron chi connectivity index (χ4n) is 3.41. The van der Waals surface area contributed by atoms with Gasteiger partial charge in [0, 0.05) is 45.0 Å². The molecule has 0 spiro atoms. The summed E-state index contributed by atoms with van der Waals surface area (Å²) in [5, 5.41) is 8.03. The lowest BCUT2D eigenvalue weighted by Gasteiger charge is -2.43. The highest BCUT2D eigenvalue weighted by Crippen LogP contribution is 2.19. The molecule has 1 aliphatic rings. The fourth-order valence-corrected chi connectivity index (χ4v) is 3.41. The molecule has 1 aromatic rings. The molecule has 2 atom stereocenters. The van der Waals surface area contributed by atoms with Crippen LogP contribution in [0.2, 0.25) is 0 Å². The Morgan fingerprint density at radius 2 is 2.10 bits per heavy atom. The van der Waals surface area contributed by atoms with Crippen LogP contribution in [-0.4, -0.2) is 46.4 Å². The van der Waals surface area contributed by atoms with Crippen LogP contribution in [0.5, 0.6) is 0 Å². The van der Waals surface area contributed by atoms with Crippen LogP contribution in [0.25, 0.3) is 0 Å². The second-order valence-electron chi connectivity index (χ2n) is 7.31. The van der Waals surface area contributed by atoms with Gasteiger partial charge in [-0.05, 0) is 30.2 Å². The van der Waals surface area contributed by atoms with Crippen molar-refractivity contribution in [3.63, 3.8) is 0 Å². The maximum atomic E-state index is 4.27. The molecule has 2 unspecified atom stereocenters. The topological polar surface area (TPSA) is 33.1 Å². The molecule has 120 valence electrons. The highest BCUT2D eigenvalue weighted by Gasteiger charge is 2.29. The first-order chi connectivity index (χ1) is 9.95. The van der Waals surface area contributed by atoms with Gasteiger partial charge in [-0.15, -0.1) is 0 Å². The molecule has 0 bridgehead atoms. The van der Waals surface area contributed by atoms with Crippen molar-refractivity contribution in [1.82, 2.24) is 20.0 Å². The molecule has 2 rings (SSSR count). The summed E-state index contributed by atoms with van der Waals surface area (Å²) in [6.07, 6.45) is 6.51. The summed E-state index contributed by atoms with van der Waals surface area (Å²) in [6.45, 7) is 12.8. The molecule has 0 saturated carbocycles. The number of aromatic nitrogens is 2. The summed E-state index contributed by atoms with van der Waals surface area (Å²) < 4.78 is 1.90. The van der Waals surface area contributed by atoms with Gasteiger partial charge in [0.2, 0.25) is 0 Å². The number of aryl methyl sites for hydroxylation is 1. The van der Waals surface area contributed by atoms with Crippen LogP contribution in [0, 0.1) is 11.8 Å². The third kappa shape index (κ3) is 4.82. The molecule has 0 aromatic carbocycles. The second-order valence-corrected chi connectivity index (χ2v) is 7.31. The van der Waals surface area contributed by atoms with Crippen LogP contribution < -0.4 is 5.32 Å². The number of hydrogen-bond donors (Lipinski definition) is 1. The molecule has 4 nitrogen and oxygen atoms in total. The Morgan fingerprint density at radius 1 is 1.33 bits per heavy atom. The zero-order valence-corrected chi connectivity index (χ0v) is 14.3. The monoisotopic (exact) mass is 292 g/mol. The molecule has 21 heavy (non-hydrogen) atoms. The maximum absolute atomic E-state index is 4.27. The number of nitrogens with zero attached hydrogens (tertiary/aromatic N) is 3. The van der Waals surface area contributed by atoms with Gasteiger partial charge in [-0.1, -0.05) is 27.7 Å². The van der Waals surface area contributed by atoms with E-state index in [-0.39, 0.29) is 0 Å². The van der Waals surface area contributed by atoms with E-state index in [1.54, 1.807) is 0 Å². The minimum Gasteiger partial charge on any atom is -0.311 e. The van der Waals surface area contributed by atoms with Crippen LogP contribution in [0.4, 0.5) is 0 Å². The van der Waals surface area contributed by atoms with E-state index in [1.165, 1.54) is 18.5 Å². The lowest BCUT2D eigenvalue weighted by Crippen LogP contribution is -2.58. The van der Waals surface area contributed by atoms with E-state index in [4.69, 9.17) is 0 Å². The molecule has 1 aromatic heterocycles. The van der Waals surface area contributed by atoms with Gasteiger partial charge in [-0.25, -0.2) is 0 Å². The zero-order chi connectivity index (χ0) is 15.4. The van der Waals surface area contributed by atoms with Crippen molar-refractivity contribution in [2.45, 2.75) is 52.6 Å². The smallest absolute Gasteiger partial charge is 0.0522 e. The molecule has 0 aliphatic carbocycles.